The first kappa shape index (κ1) is 16.5. The Hall–Kier alpha value is -2.35. The molecule has 3 rings (SSSR count). The van der Waals surface area contributed by atoms with Crippen molar-refractivity contribution in [3.63, 3.8) is 0 Å². The highest BCUT2D eigenvalue weighted by Crippen LogP contribution is 2.38. The maximum Gasteiger partial charge on any atom is 0.269 e. The molecule has 0 saturated carbocycles. The van der Waals surface area contributed by atoms with Crippen molar-refractivity contribution in [2.45, 2.75) is 13.2 Å². The molecule has 0 bridgehead atoms. The predicted octanol–water partition coefficient (Wildman–Crippen LogP) is 3.85. The third kappa shape index (κ3) is 3.14. The molecule has 0 aliphatic carbocycles. The zero-order valence-corrected chi connectivity index (χ0v) is 13.6. The Morgan fingerprint density at radius 2 is 1.96 bits per heavy atom. The number of fused-ring (bicyclic) bond motifs is 1. The first-order valence-corrected chi connectivity index (χ1v) is 7.58. The van der Waals surface area contributed by atoms with E-state index in [1.807, 2.05) is 0 Å². The summed E-state index contributed by atoms with van der Waals surface area (Å²) in [7, 11) is 0. The van der Waals surface area contributed by atoms with Gasteiger partial charge in [0, 0.05) is 18.2 Å². The van der Waals surface area contributed by atoms with Crippen molar-refractivity contribution in [1.82, 2.24) is 9.97 Å². The number of halogens is 2. The van der Waals surface area contributed by atoms with Crippen molar-refractivity contribution in [1.29, 1.82) is 0 Å². The number of hydrogen-bond donors (Lipinski definition) is 2. The van der Waals surface area contributed by atoms with Gasteiger partial charge >= 0.3 is 0 Å². The van der Waals surface area contributed by atoms with Gasteiger partial charge in [0.1, 0.15) is 35.3 Å². The van der Waals surface area contributed by atoms with Crippen molar-refractivity contribution in [2.24, 2.45) is 0 Å². The Balaban J connectivity index is 1.84. The van der Waals surface area contributed by atoms with Gasteiger partial charge in [0.05, 0.1) is 15.5 Å². The smallest absolute Gasteiger partial charge is 0.269 e. The number of nitro groups is 1. The second-order valence-electron chi connectivity index (χ2n) is 4.95. The van der Waals surface area contributed by atoms with Crippen LogP contribution < -0.4 is 4.74 Å². The molecule has 0 spiro atoms. The monoisotopic (exact) mass is 367 g/mol. The van der Waals surface area contributed by atoms with Crippen molar-refractivity contribution < 1.29 is 14.8 Å². The van der Waals surface area contributed by atoms with E-state index in [0.717, 1.165) is 5.56 Å². The zero-order chi connectivity index (χ0) is 17.3. The number of hydrogen-bond acceptors (Lipinski definition) is 5. The number of aliphatic hydroxyl groups excluding tert-OH is 1. The number of nitrogens with zero attached hydrogens (tertiary/aromatic N) is 2. The van der Waals surface area contributed by atoms with E-state index in [-0.39, 0.29) is 28.9 Å². The van der Waals surface area contributed by atoms with Gasteiger partial charge in [-0.25, -0.2) is 4.98 Å². The molecule has 7 nitrogen and oxygen atoms in total. The van der Waals surface area contributed by atoms with Crippen molar-refractivity contribution in [3.05, 3.63) is 61.9 Å². The highest BCUT2D eigenvalue weighted by molar-refractivity contribution is 6.45. The van der Waals surface area contributed by atoms with Gasteiger partial charge in [-0.05, 0) is 17.7 Å². The molecule has 1 heterocycles. The SMILES string of the molecule is O=[N+]([O-])c1ccc(COc2cc3[nH]c(CO)nc3c(Cl)c2Cl)cc1. The normalized spacial score (nSPS) is 11.0. The number of nitrogens with one attached hydrogen (secondary N) is 1. The molecule has 0 aliphatic rings. The lowest BCUT2D eigenvalue weighted by Gasteiger charge is -2.09. The third-order valence-electron chi connectivity index (χ3n) is 3.36. The number of H-pyrrole nitrogens is 1. The Labute approximate surface area is 145 Å². The zero-order valence-electron chi connectivity index (χ0n) is 12.1. The number of benzene rings is 2. The van der Waals surface area contributed by atoms with E-state index in [1.165, 1.54) is 12.1 Å². The number of non-ortho nitro benzene ring substituents is 1. The molecule has 0 fully saturated rings. The summed E-state index contributed by atoms with van der Waals surface area (Å²) < 4.78 is 5.66. The Kier molecular flexibility index (Phi) is 4.57. The number of nitro benzene ring substituents is 1. The Morgan fingerprint density at radius 1 is 1.25 bits per heavy atom. The van der Waals surface area contributed by atoms with Gasteiger partial charge in [0.25, 0.3) is 5.69 Å². The van der Waals surface area contributed by atoms with E-state index >= 15 is 0 Å². The second kappa shape index (κ2) is 6.64. The molecule has 0 atom stereocenters. The van der Waals surface area contributed by atoms with Crippen molar-refractivity contribution in [2.75, 3.05) is 0 Å². The van der Waals surface area contributed by atoms with Crippen LogP contribution in [0.25, 0.3) is 11.0 Å². The standard InChI is InChI=1S/C15H11Cl2N3O4/c16-13-11(5-10-15(14(13)17)19-12(6-21)18-10)24-7-8-1-3-9(4-2-8)20(22)23/h1-5,21H,6-7H2,(H,18,19). The lowest BCUT2D eigenvalue weighted by molar-refractivity contribution is -0.384. The Morgan fingerprint density at radius 3 is 2.58 bits per heavy atom. The highest BCUT2D eigenvalue weighted by atomic mass is 35.5. The number of aromatic amines is 1. The van der Waals surface area contributed by atoms with Gasteiger partial charge < -0.3 is 14.8 Å². The molecule has 0 amide bonds. The van der Waals surface area contributed by atoms with E-state index in [9.17, 15) is 10.1 Å². The van der Waals surface area contributed by atoms with Crippen LogP contribution in [-0.2, 0) is 13.2 Å². The average Bonchev–Trinajstić information content (AvgIpc) is 3.00. The number of rotatable bonds is 5. The molecule has 0 radical (unpaired) electrons. The number of imidazole rings is 1. The molecular formula is C15H11Cl2N3O4. The first-order valence-electron chi connectivity index (χ1n) is 6.83. The van der Waals surface area contributed by atoms with Crippen molar-refractivity contribution >= 4 is 39.9 Å². The van der Waals surface area contributed by atoms with Crippen LogP contribution in [0.5, 0.6) is 5.75 Å². The molecule has 0 unspecified atom stereocenters. The lowest BCUT2D eigenvalue weighted by Crippen LogP contribution is -1.97. The second-order valence-corrected chi connectivity index (χ2v) is 5.71. The molecule has 0 saturated heterocycles. The Bertz CT molecular complexity index is 909. The van der Waals surface area contributed by atoms with Crippen LogP contribution in [0.1, 0.15) is 11.4 Å². The molecule has 2 N–H and O–H groups in total. The topological polar surface area (TPSA) is 101 Å². The minimum Gasteiger partial charge on any atom is -0.487 e. The van der Waals surface area contributed by atoms with E-state index < -0.39 is 4.92 Å². The summed E-state index contributed by atoms with van der Waals surface area (Å²) in [4.78, 5) is 17.2. The number of aliphatic hydroxyl groups is 1. The van der Waals surface area contributed by atoms with E-state index in [0.29, 0.717) is 22.6 Å². The van der Waals surface area contributed by atoms with E-state index in [4.69, 9.17) is 33.0 Å². The fourth-order valence-corrected chi connectivity index (χ4v) is 2.61. The van der Waals surface area contributed by atoms with Crippen LogP contribution in [0.2, 0.25) is 10.0 Å². The molecule has 0 aliphatic heterocycles. The van der Waals surface area contributed by atoms with Crippen LogP contribution in [0, 0.1) is 10.1 Å². The largest absolute Gasteiger partial charge is 0.487 e. The van der Waals surface area contributed by atoms with Crippen LogP contribution in [0.4, 0.5) is 5.69 Å². The lowest BCUT2D eigenvalue weighted by atomic mass is 10.2. The van der Waals surface area contributed by atoms with Crippen molar-refractivity contribution in [3.8, 4) is 5.75 Å². The predicted molar refractivity (Wildman–Crippen MR) is 89.5 cm³/mol. The fourth-order valence-electron chi connectivity index (χ4n) is 2.17. The minimum absolute atomic E-state index is 0.00948. The summed E-state index contributed by atoms with van der Waals surface area (Å²) in [5.74, 6) is 0.719. The summed E-state index contributed by atoms with van der Waals surface area (Å²) in [6, 6.07) is 7.65. The van der Waals surface area contributed by atoms with Crippen LogP contribution in [0.15, 0.2) is 30.3 Å². The quantitative estimate of drug-likeness (QED) is 0.526. The first-order chi connectivity index (χ1) is 11.5. The molecule has 2 aromatic carbocycles. The number of aromatic nitrogens is 2. The van der Waals surface area contributed by atoms with Crippen LogP contribution >= 0.6 is 23.2 Å². The minimum atomic E-state index is -0.466. The van der Waals surface area contributed by atoms with Gasteiger partial charge in [0.2, 0.25) is 0 Å². The van der Waals surface area contributed by atoms with E-state index in [1.54, 1.807) is 18.2 Å². The molecule has 3 aromatic rings. The fraction of sp³-hybridized carbons (Fsp3) is 0.133. The summed E-state index contributed by atoms with van der Waals surface area (Å²) in [6.45, 7) is -0.0812. The molecule has 124 valence electrons. The molecule has 24 heavy (non-hydrogen) atoms. The third-order valence-corrected chi connectivity index (χ3v) is 4.20. The van der Waals surface area contributed by atoms with E-state index in [2.05, 4.69) is 9.97 Å². The van der Waals surface area contributed by atoms with Crippen LogP contribution in [0.3, 0.4) is 0 Å². The van der Waals surface area contributed by atoms with Gasteiger partial charge in [-0.3, -0.25) is 10.1 Å². The van der Waals surface area contributed by atoms with Gasteiger partial charge in [-0.2, -0.15) is 0 Å². The summed E-state index contributed by atoms with van der Waals surface area (Å²) in [5.41, 5.74) is 1.80. The van der Waals surface area contributed by atoms with Gasteiger partial charge in [-0.1, -0.05) is 23.2 Å². The van der Waals surface area contributed by atoms with Gasteiger partial charge in [-0.15, -0.1) is 0 Å². The molecular weight excluding hydrogens is 357 g/mol. The number of ether oxygens (including phenoxy) is 1. The summed E-state index contributed by atoms with van der Waals surface area (Å²) in [5, 5.41) is 20.2. The molecule has 1 aromatic heterocycles. The van der Waals surface area contributed by atoms with Crippen LogP contribution in [-0.4, -0.2) is 20.0 Å². The summed E-state index contributed by atoms with van der Waals surface area (Å²) in [6.07, 6.45) is 0. The summed E-state index contributed by atoms with van der Waals surface area (Å²) >= 11 is 12.4. The average molecular weight is 368 g/mol. The maximum absolute atomic E-state index is 10.6. The maximum atomic E-state index is 10.6. The molecule has 9 heteroatoms. The highest BCUT2D eigenvalue weighted by Gasteiger charge is 2.15. The van der Waals surface area contributed by atoms with Gasteiger partial charge in [0.15, 0.2) is 0 Å².